The van der Waals surface area contributed by atoms with Gasteiger partial charge in [-0.05, 0) is 64.5 Å². The van der Waals surface area contributed by atoms with Gasteiger partial charge in [-0.3, -0.25) is 0 Å². The Kier molecular flexibility index (Phi) is 7.47. The fourth-order valence-corrected chi connectivity index (χ4v) is 6.23. The summed E-state index contributed by atoms with van der Waals surface area (Å²) in [6.07, 6.45) is 7.81. The van der Waals surface area contributed by atoms with E-state index in [2.05, 4.69) is 41.9 Å². The highest BCUT2D eigenvalue weighted by Gasteiger charge is 2.31. The van der Waals surface area contributed by atoms with Crippen molar-refractivity contribution in [1.82, 2.24) is 29.8 Å². The van der Waals surface area contributed by atoms with Gasteiger partial charge in [-0.1, -0.05) is 32.9 Å². The minimum atomic E-state index is 0.361. The number of aromatic nitrogens is 5. The summed E-state index contributed by atoms with van der Waals surface area (Å²) in [4.78, 5) is 14.8. The maximum absolute atomic E-state index is 10.0. The van der Waals surface area contributed by atoms with Crippen molar-refractivity contribution in [3.63, 3.8) is 0 Å². The fourth-order valence-electron chi connectivity index (χ4n) is 6.23. The normalized spacial score (nSPS) is 24.0. The van der Waals surface area contributed by atoms with E-state index in [4.69, 9.17) is 19.6 Å². The molecule has 0 N–H and O–H groups in total. The van der Waals surface area contributed by atoms with Crippen molar-refractivity contribution in [2.45, 2.75) is 91.1 Å². The number of nitriles is 1. The van der Waals surface area contributed by atoms with Crippen molar-refractivity contribution in [2.75, 3.05) is 31.6 Å². The molecule has 0 spiro atoms. The standard InChI is InChI=1S/C26H34N8O.C2H6/c1-16-7-5-12-33(14-16)25-21-20(13-27)30-34(15-18-9-6-11-32(18)3)26(21)29-24(28-25)22-19-10-4-8-17(2)23(19)35-31-22;1-2/h16-18H,4-12,14-15H2,1-3H3;1-2H3. The Morgan fingerprint density at radius 1 is 1.05 bits per heavy atom. The number of anilines is 1. The molecule has 0 saturated carbocycles. The van der Waals surface area contributed by atoms with E-state index in [1.54, 1.807) is 0 Å². The Hall–Kier alpha value is -2.99. The van der Waals surface area contributed by atoms with Gasteiger partial charge in [0.1, 0.15) is 17.6 Å². The molecule has 9 nitrogen and oxygen atoms in total. The molecule has 2 fully saturated rings. The van der Waals surface area contributed by atoms with E-state index >= 15 is 0 Å². The van der Waals surface area contributed by atoms with E-state index in [1.807, 2.05) is 18.5 Å². The lowest BCUT2D eigenvalue weighted by Crippen LogP contribution is -2.35. The van der Waals surface area contributed by atoms with Crippen molar-refractivity contribution >= 4 is 16.9 Å². The van der Waals surface area contributed by atoms with Gasteiger partial charge in [0.2, 0.25) is 0 Å². The number of nitrogens with zero attached hydrogens (tertiary/aromatic N) is 8. The van der Waals surface area contributed by atoms with Crippen LogP contribution in [0.2, 0.25) is 0 Å². The second-order valence-electron chi connectivity index (χ2n) is 10.8. The van der Waals surface area contributed by atoms with Crippen LogP contribution in [0.3, 0.4) is 0 Å². The zero-order valence-electron chi connectivity index (χ0n) is 23.0. The van der Waals surface area contributed by atoms with Crippen LogP contribution >= 0.6 is 0 Å². The highest BCUT2D eigenvalue weighted by molar-refractivity contribution is 5.93. The molecule has 198 valence electrons. The zero-order chi connectivity index (χ0) is 26.1. The monoisotopic (exact) mass is 504 g/mol. The van der Waals surface area contributed by atoms with Crippen LogP contribution in [0.25, 0.3) is 22.6 Å². The summed E-state index contributed by atoms with van der Waals surface area (Å²) < 4.78 is 7.76. The molecule has 2 saturated heterocycles. The second-order valence-corrected chi connectivity index (χ2v) is 10.8. The summed E-state index contributed by atoms with van der Waals surface area (Å²) in [6.45, 7) is 12.1. The molecule has 1 aliphatic carbocycles. The first-order valence-electron chi connectivity index (χ1n) is 14.2. The van der Waals surface area contributed by atoms with E-state index < -0.39 is 0 Å². The molecule has 6 rings (SSSR count). The number of likely N-dealkylation sites (tertiary alicyclic amines) is 1. The van der Waals surface area contributed by atoms with Crippen molar-refractivity contribution in [3.05, 3.63) is 17.0 Å². The molecule has 0 amide bonds. The van der Waals surface area contributed by atoms with Crippen LogP contribution in [0.1, 0.15) is 89.2 Å². The largest absolute Gasteiger partial charge is 0.360 e. The molecule has 2 aliphatic heterocycles. The van der Waals surface area contributed by atoms with Gasteiger partial charge in [0, 0.05) is 30.6 Å². The Morgan fingerprint density at radius 3 is 2.59 bits per heavy atom. The number of rotatable bonds is 4. The second kappa shape index (κ2) is 10.8. The van der Waals surface area contributed by atoms with Gasteiger partial charge in [-0.2, -0.15) is 10.4 Å². The minimum Gasteiger partial charge on any atom is -0.360 e. The lowest BCUT2D eigenvalue weighted by molar-refractivity contribution is 0.276. The summed E-state index contributed by atoms with van der Waals surface area (Å²) in [5.41, 5.74) is 3.05. The van der Waals surface area contributed by atoms with Crippen LogP contribution in [0.4, 0.5) is 5.82 Å². The van der Waals surface area contributed by atoms with Crippen molar-refractivity contribution in [3.8, 4) is 17.6 Å². The first-order chi connectivity index (χ1) is 18.0. The molecule has 5 heterocycles. The summed E-state index contributed by atoms with van der Waals surface area (Å²) in [7, 11) is 2.17. The number of piperidine rings is 1. The molecule has 3 atom stereocenters. The quantitative estimate of drug-likeness (QED) is 0.481. The molecule has 9 heteroatoms. The molecule has 0 bridgehead atoms. The Morgan fingerprint density at radius 2 is 1.86 bits per heavy atom. The van der Waals surface area contributed by atoms with Gasteiger partial charge >= 0.3 is 0 Å². The zero-order valence-corrected chi connectivity index (χ0v) is 23.0. The van der Waals surface area contributed by atoms with Crippen molar-refractivity contribution in [1.29, 1.82) is 5.26 Å². The molecule has 3 aromatic heterocycles. The maximum atomic E-state index is 10.0. The molecule has 0 radical (unpaired) electrons. The third kappa shape index (κ3) is 4.72. The lowest BCUT2D eigenvalue weighted by atomic mass is 9.88. The summed E-state index contributed by atoms with van der Waals surface area (Å²) >= 11 is 0. The van der Waals surface area contributed by atoms with Crippen LogP contribution in [0.15, 0.2) is 4.52 Å². The van der Waals surface area contributed by atoms with Crippen molar-refractivity contribution < 1.29 is 4.52 Å². The third-order valence-corrected chi connectivity index (χ3v) is 8.23. The van der Waals surface area contributed by atoms with Gasteiger partial charge in [0.15, 0.2) is 22.9 Å². The number of hydrogen-bond donors (Lipinski definition) is 0. The van der Waals surface area contributed by atoms with Gasteiger partial charge in [0.05, 0.1) is 11.9 Å². The molecule has 3 unspecified atom stereocenters. The molecule has 3 aliphatic rings. The fraction of sp³-hybridized carbons (Fsp3) is 0.679. The molecular weight excluding hydrogens is 464 g/mol. The van der Waals surface area contributed by atoms with E-state index in [0.29, 0.717) is 29.4 Å². The SMILES string of the molecule is CC.CC1CCCN(c2nc(-c3noc4c3CCCC4C)nc3c2c(C#N)nn3CC2CCCN2C)C1. The van der Waals surface area contributed by atoms with Crippen LogP contribution in [-0.2, 0) is 13.0 Å². The smallest absolute Gasteiger partial charge is 0.186 e. The Labute approximate surface area is 219 Å². The predicted molar refractivity (Wildman–Crippen MR) is 144 cm³/mol. The van der Waals surface area contributed by atoms with Crippen LogP contribution in [-0.4, -0.2) is 62.5 Å². The highest BCUT2D eigenvalue weighted by Crippen LogP contribution is 2.38. The molecular formula is C28H40N8O. The van der Waals surface area contributed by atoms with Gasteiger partial charge in [0.25, 0.3) is 0 Å². The number of likely N-dealkylation sites (N-methyl/N-ethyl adjacent to an activating group) is 1. The first-order valence-corrected chi connectivity index (χ1v) is 14.2. The van der Waals surface area contributed by atoms with E-state index in [-0.39, 0.29) is 0 Å². The third-order valence-electron chi connectivity index (χ3n) is 8.23. The van der Waals surface area contributed by atoms with Gasteiger partial charge in [-0.25, -0.2) is 14.6 Å². The maximum Gasteiger partial charge on any atom is 0.186 e. The first kappa shape index (κ1) is 25.7. The number of fused-ring (bicyclic) bond motifs is 2. The van der Waals surface area contributed by atoms with Crippen molar-refractivity contribution in [2.24, 2.45) is 5.92 Å². The molecule has 3 aromatic rings. The van der Waals surface area contributed by atoms with Crippen LogP contribution in [0, 0.1) is 17.2 Å². The predicted octanol–water partition coefficient (Wildman–Crippen LogP) is 5.15. The van der Waals surface area contributed by atoms with E-state index in [9.17, 15) is 5.26 Å². The highest BCUT2D eigenvalue weighted by atomic mass is 16.5. The minimum absolute atomic E-state index is 0.361. The van der Waals surface area contributed by atoms with Crippen LogP contribution in [0.5, 0.6) is 0 Å². The van der Waals surface area contributed by atoms with E-state index in [1.165, 1.54) is 12.8 Å². The number of hydrogen-bond acceptors (Lipinski definition) is 8. The average molecular weight is 505 g/mol. The molecule has 0 aromatic carbocycles. The van der Waals surface area contributed by atoms with Crippen LogP contribution < -0.4 is 4.90 Å². The lowest BCUT2D eigenvalue weighted by Gasteiger charge is -2.32. The van der Waals surface area contributed by atoms with Gasteiger partial charge in [-0.15, -0.1) is 0 Å². The summed E-state index contributed by atoms with van der Waals surface area (Å²) in [6, 6.07) is 2.73. The van der Waals surface area contributed by atoms with E-state index in [0.717, 1.165) is 92.2 Å². The Balaban J connectivity index is 0.00000137. The summed E-state index contributed by atoms with van der Waals surface area (Å²) in [5.74, 6) is 3.32. The average Bonchev–Trinajstić information content (AvgIpc) is 3.63. The van der Waals surface area contributed by atoms with Gasteiger partial charge < -0.3 is 14.3 Å². The Bertz CT molecular complexity index is 1290. The molecule has 37 heavy (non-hydrogen) atoms. The topological polar surface area (TPSA) is 99.9 Å². The summed E-state index contributed by atoms with van der Waals surface area (Å²) in [5, 5.41) is 20.0.